The van der Waals surface area contributed by atoms with Crippen molar-refractivity contribution >= 4 is 34.8 Å². The Morgan fingerprint density at radius 3 is 2.52 bits per heavy atom. The number of nitrogens with one attached hydrogen (secondary N) is 3. The average Bonchev–Trinajstić information content (AvgIpc) is 2.83. The number of rotatable bonds is 12. The lowest BCUT2D eigenvalue weighted by Gasteiger charge is -2.34. The Balaban J connectivity index is 1.67. The zero-order valence-electron chi connectivity index (χ0n) is 18.9. The lowest BCUT2D eigenvalue weighted by atomic mass is 10.0. The number of hydrogen-bond acceptors (Lipinski definition) is 5. The first kappa shape index (κ1) is 26.2. The predicted molar refractivity (Wildman–Crippen MR) is 138 cm³/mol. The highest BCUT2D eigenvalue weighted by Crippen LogP contribution is 2.33. The first-order chi connectivity index (χ1) is 15.9. The Hall–Kier alpha value is -1.41. The van der Waals surface area contributed by atoms with Crippen LogP contribution in [0.3, 0.4) is 0 Å². The van der Waals surface area contributed by atoms with E-state index in [-0.39, 0.29) is 6.17 Å². The summed E-state index contributed by atoms with van der Waals surface area (Å²) >= 11 is 19.0. The van der Waals surface area contributed by atoms with Gasteiger partial charge < -0.3 is 10.1 Å². The van der Waals surface area contributed by atoms with Crippen molar-refractivity contribution in [2.75, 3.05) is 20.7 Å². The normalized spacial score (nSPS) is 21.3. The lowest BCUT2D eigenvalue weighted by molar-refractivity contribution is 0.0408. The third-order valence-electron chi connectivity index (χ3n) is 5.53. The number of benzene rings is 2. The molecule has 0 spiro atoms. The number of allylic oxidation sites excluding steroid dienone is 1. The minimum absolute atomic E-state index is 0.0433. The molecule has 178 valence electrons. The molecule has 3 rings (SSSR count). The monoisotopic (exact) mass is 508 g/mol. The lowest BCUT2D eigenvalue weighted by Crippen LogP contribution is -2.58. The van der Waals surface area contributed by atoms with Crippen molar-refractivity contribution in [2.24, 2.45) is 0 Å². The zero-order valence-corrected chi connectivity index (χ0v) is 21.2. The quantitative estimate of drug-likeness (QED) is 0.213. The van der Waals surface area contributed by atoms with E-state index in [9.17, 15) is 0 Å². The second-order valence-electron chi connectivity index (χ2n) is 7.87. The molecule has 0 aliphatic heterocycles. The van der Waals surface area contributed by atoms with Crippen LogP contribution in [0.5, 0.6) is 0 Å². The van der Waals surface area contributed by atoms with Crippen molar-refractivity contribution < 1.29 is 4.74 Å². The van der Waals surface area contributed by atoms with Crippen LogP contribution in [0.15, 0.2) is 78.4 Å². The predicted octanol–water partition coefficient (Wildman–Crippen LogP) is 5.01. The smallest absolute Gasteiger partial charge is 0.180 e. The average molecular weight is 510 g/mol. The van der Waals surface area contributed by atoms with Crippen LogP contribution in [-0.2, 0) is 17.7 Å². The summed E-state index contributed by atoms with van der Waals surface area (Å²) < 4.78 is 5.35. The molecule has 0 amide bonds. The van der Waals surface area contributed by atoms with Crippen LogP contribution in [0.25, 0.3) is 0 Å². The van der Waals surface area contributed by atoms with Crippen LogP contribution in [0.1, 0.15) is 17.5 Å². The van der Waals surface area contributed by atoms with Crippen LogP contribution >= 0.6 is 34.8 Å². The molecular formula is C25H31Cl3N4O. The number of hydrazine groups is 2. The Kier molecular flexibility index (Phi) is 10.2. The number of nitrogens with zero attached hydrogens (tertiary/aromatic N) is 1. The topological polar surface area (TPSA) is 48.6 Å². The van der Waals surface area contributed by atoms with E-state index in [2.05, 4.69) is 34.4 Å². The van der Waals surface area contributed by atoms with Gasteiger partial charge in [-0.15, -0.1) is 11.6 Å². The molecule has 2 aromatic carbocycles. The Morgan fingerprint density at radius 2 is 1.85 bits per heavy atom. The van der Waals surface area contributed by atoms with E-state index in [0.717, 1.165) is 23.6 Å². The molecule has 5 nitrogen and oxygen atoms in total. The van der Waals surface area contributed by atoms with Crippen molar-refractivity contribution in [2.45, 2.75) is 36.0 Å². The summed E-state index contributed by atoms with van der Waals surface area (Å²) in [6.45, 7) is 1.42. The van der Waals surface area contributed by atoms with E-state index in [1.807, 2.05) is 66.8 Å². The summed E-state index contributed by atoms with van der Waals surface area (Å²) in [4.78, 5) is 0. The van der Waals surface area contributed by atoms with Gasteiger partial charge in [0.25, 0.3) is 0 Å². The Morgan fingerprint density at radius 1 is 1.09 bits per heavy atom. The maximum absolute atomic E-state index is 6.47. The van der Waals surface area contributed by atoms with Gasteiger partial charge in [-0.2, -0.15) is 5.12 Å². The Bertz CT molecular complexity index is 940. The molecule has 0 aromatic heterocycles. The van der Waals surface area contributed by atoms with E-state index in [1.54, 1.807) is 7.11 Å². The fourth-order valence-corrected chi connectivity index (χ4v) is 4.26. The van der Waals surface area contributed by atoms with Crippen molar-refractivity contribution in [1.82, 2.24) is 21.3 Å². The van der Waals surface area contributed by atoms with Crippen LogP contribution in [-0.4, -0.2) is 42.4 Å². The number of alkyl halides is 2. The summed E-state index contributed by atoms with van der Waals surface area (Å²) in [5.41, 5.74) is 10.5. The second kappa shape index (κ2) is 12.9. The molecule has 0 bridgehead atoms. The number of halogens is 3. The standard InChI is InChI=1S/C25H31Cl3N4O/c1-29-24(17-21-11-13-25(28,33-2)23(27)16-21)32(31-18-20-7-4-3-5-8-20)30-14-12-19-9-6-10-22(26)15-19/h3-11,13,15-16,23-24,29-31H,12,14,17-18H2,1-2H3. The molecule has 0 fully saturated rings. The molecular weight excluding hydrogens is 479 g/mol. The van der Waals surface area contributed by atoms with E-state index < -0.39 is 10.4 Å². The van der Waals surface area contributed by atoms with Crippen LogP contribution in [0.4, 0.5) is 0 Å². The third kappa shape index (κ3) is 7.81. The highest BCUT2D eigenvalue weighted by Gasteiger charge is 2.34. The zero-order chi connectivity index (χ0) is 23.7. The van der Waals surface area contributed by atoms with E-state index >= 15 is 0 Å². The maximum Gasteiger partial charge on any atom is 0.180 e. The molecule has 2 aromatic rings. The summed E-state index contributed by atoms with van der Waals surface area (Å²) in [7, 11) is 3.49. The number of methoxy groups -OCH3 is 1. The molecule has 3 atom stereocenters. The van der Waals surface area contributed by atoms with Crippen molar-refractivity contribution in [1.29, 1.82) is 0 Å². The van der Waals surface area contributed by atoms with Crippen LogP contribution in [0, 0.1) is 0 Å². The molecule has 0 saturated heterocycles. The summed E-state index contributed by atoms with van der Waals surface area (Å²) in [5.74, 6) is 0. The summed E-state index contributed by atoms with van der Waals surface area (Å²) in [6, 6.07) is 18.2. The molecule has 8 heteroatoms. The SMILES string of the molecule is CNC(CC1=CC(Cl)C(Cl)(OC)C=C1)N(NCCc1cccc(Cl)c1)NCc1ccccc1. The molecule has 0 heterocycles. The largest absolute Gasteiger partial charge is 0.357 e. The van der Waals surface area contributed by atoms with Crippen molar-refractivity contribution in [3.8, 4) is 0 Å². The highest BCUT2D eigenvalue weighted by molar-refractivity contribution is 6.33. The third-order valence-corrected chi connectivity index (χ3v) is 6.84. The highest BCUT2D eigenvalue weighted by atomic mass is 35.5. The molecule has 0 radical (unpaired) electrons. The first-order valence-corrected chi connectivity index (χ1v) is 12.1. The molecule has 3 N–H and O–H groups in total. The Labute approximate surface area is 211 Å². The van der Waals surface area contributed by atoms with Gasteiger partial charge in [0, 0.05) is 31.6 Å². The number of hydrogen-bond donors (Lipinski definition) is 3. The van der Waals surface area contributed by atoms with Gasteiger partial charge in [-0.1, -0.05) is 77.8 Å². The summed E-state index contributed by atoms with van der Waals surface area (Å²) in [5, 5.41) is 4.69. The fourth-order valence-electron chi connectivity index (χ4n) is 3.59. The molecule has 0 saturated carbocycles. The van der Waals surface area contributed by atoms with Gasteiger partial charge in [0.15, 0.2) is 5.06 Å². The van der Waals surface area contributed by atoms with Gasteiger partial charge in [-0.25, -0.2) is 10.9 Å². The maximum atomic E-state index is 6.47. The van der Waals surface area contributed by atoms with Crippen LogP contribution < -0.4 is 16.2 Å². The van der Waals surface area contributed by atoms with Gasteiger partial charge in [0.05, 0.1) is 11.5 Å². The van der Waals surface area contributed by atoms with Gasteiger partial charge in [-0.3, -0.25) is 0 Å². The van der Waals surface area contributed by atoms with Crippen molar-refractivity contribution in [3.63, 3.8) is 0 Å². The number of ether oxygens (including phenoxy) is 1. The first-order valence-electron chi connectivity index (χ1n) is 10.9. The minimum Gasteiger partial charge on any atom is -0.357 e. The van der Waals surface area contributed by atoms with E-state index in [0.29, 0.717) is 13.0 Å². The second-order valence-corrected chi connectivity index (χ2v) is 9.36. The molecule has 33 heavy (non-hydrogen) atoms. The van der Waals surface area contributed by atoms with Gasteiger partial charge >= 0.3 is 0 Å². The van der Waals surface area contributed by atoms with Crippen LogP contribution in [0.2, 0.25) is 5.02 Å². The van der Waals surface area contributed by atoms with E-state index in [4.69, 9.17) is 39.5 Å². The van der Waals surface area contributed by atoms with Gasteiger partial charge in [0.2, 0.25) is 0 Å². The molecule has 1 aliphatic rings. The summed E-state index contributed by atoms with van der Waals surface area (Å²) in [6.07, 6.45) is 7.24. The van der Waals surface area contributed by atoms with E-state index in [1.165, 1.54) is 11.1 Å². The molecule has 1 aliphatic carbocycles. The molecule has 3 unspecified atom stereocenters. The fraction of sp³-hybridized carbons (Fsp3) is 0.360. The minimum atomic E-state index is -1.01. The van der Waals surface area contributed by atoms with Gasteiger partial charge in [-0.05, 0) is 48.4 Å². The van der Waals surface area contributed by atoms with Crippen molar-refractivity contribution in [3.05, 3.63) is 94.5 Å². The van der Waals surface area contributed by atoms with Gasteiger partial charge in [0.1, 0.15) is 0 Å².